The van der Waals surface area contributed by atoms with E-state index in [0.29, 0.717) is 10.7 Å². The smallest absolute Gasteiger partial charge is 0.229 e. The molecule has 0 atom stereocenters. The van der Waals surface area contributed by atoms with Gasteiger partial charge in [0.1, 0.15) is 0 Å². The van der Waals surface area contributed by atoms with Crippen LogP contribution in [0.25, 0.3) is 0 Å². The third-order valence-corrected chi connectivity index (χ3v) is 2.84. The predicted molar refractivity (Wildman–Crippen MR) is 64.0 cm³/mol. The van der Waals surface area contributed by atoms with Crippen LogP contribution in [-0.4, -0.2) is 14.7 Å². The van der Waals surface area contributed by atoms with E-state index in [1.165, 1.54) is 0 Å². The monoisotopic (exact) mass is 247 g/mol. The normalized spacial score (nSPS) is 11.5. The van der Waals surface area contributed by atoms with Crippen molar-refractivity contribution in [1.82, 2.24) is 0 Å². The molecule has 3 nitrogen and oxygen atoms in total. The summed E-state index contributed by atoms with van der Waals surface area (Å²) in [6.45, 7) is 3.79. The van der Waals surface area contributed by atoms with Crippen molar-refractivity contribution in [1.29, 1.82) is 0 Å². The molecule has 0 heterocycles. The minimum absolute atomic E-state index is 0.628. The lowest BCUT2D eigenvalue weighted by atomic mass is 10.1. The van der Waals surface area contributed by atoms with Crippen molar-refractivity contribution >= 4 is 27.3 Å². The van der Waals surface area contributed by atoms with E-state index >= 15 is 0 Å². The average Bonchev–Trinajstić information content (AvgIpc) is 2.07. The second-order valence-corrected chi connectivity index (χ2v) is 5.67. The van der Waals surface area contributed by atoms with Gasteiger partial charge in [0.25, 0.3) is 0 Å². The molecule has 1 rings (SSSR count). The van der Waals surface area contributed by atoms with Gasteiger partial charge < -0.3 is 0 Å². The first-order chi connectivity index (χ1) is 6.83. The van der Waals surface area contributed by atoms with Gasteiger partial charge in [-0.3, -0.25) is 4.72 Å². The molecule has 0 aliphatic carbocycles. The van der Waals surface area contributed by atoms with Gasteiger partial charge in [-0.1, -0.05) is 18.5 Å². The molecular weight excluding hydrogens is 234 g/mol. The first-order valence-corrected chi connectivity index (χ1v) is 6.87. The second kappa shape index (κ2) is 4.41. The van der Waals surface area contributed by atoms with E-state index in [1.54, 1.807) is 12.1 Å². The lowest BCUT2D eigenvalue weighted by Gasteiger charge is -2.13. The van der Waals surface area contributed by atoms with Crippen LogP contribution < -0.4 is 4.72 Å². The molecule has 0 bridgehead atoms. The van der Waals surface area contributed by atoms with E-state index in [4.69, 9.17) is 11.6 Å². The van der Waals surface area contributed by atoms with Crippen molar-refractivity contribution in [3.63, 3.8) is 0 Å². The van der Waals surface area contributed by atoms with E-state index in [-0.39, 0.29) is 0 Å². The van der Waals surface area contributed by atoms with Gasteiger partial charge in [-0.05, 0) is 36.6 Å². The quantitative estimate of drug-likeness (QED) is 0.893. The van der Waals surface area contributed by atoms with Gasteiger partial charge in [0, 0.05) is 5.02 Å². The molecule has 1 N–H and O–H groups in total. The molecular formula is C10H14ClNO2S. The van der Waals surface area contributed by atoms with Gasteiger partial charge in [-0.2, -0.15) is 0 Å². The zero-order valence-corrected chi connectivity index (χ0v) is 10.5. The molecule has 1 aromatic carbocycles. The van der Waals surface area contributed by atoms with Crippen molar-refractivity contribution < 1.29 is 8.42 Å². The summed E-state index contributed by atoms with van der Waals surface area (Å²) >= 11 is 5.89. The highest BCUT2D eigenvalue weighted by atomic mass is 35.5. The van der Waals surface area contributed by atoms with E-state index in [9.17, 15) is 8.42 Å². The van der Waals surface area contributed by atoms with Crippen LogP contribution in [0.2, 0.25) is 5.02 Å². The predicted octanol–water partition coefficient (Wildman–Crippen LogP) is 2.58. The van der Waals surface area contributed by atoms with Crippen LogP contribution in [0.4, 0.5) is 5.69 Å². The van der Waals surface area contributed by atoms with Gasteiger partial charge in [-0.25, -0.2) is 8.42 Å². The van der Waals surface area contributed by atoms with Crippen molar-refractivity contribution in [2.24, 2.45) is 0 Å². The number of halogens is 1. The molecule has 5 heteroatoms. The van der Waals surface area contributed by atoms with Crippen LogP contribution >= 0.6 is 11.6 Å². The number of sulfonamides is 1. The van der Waals surface area contributed by atoms with Gasteiger partial charge in [0.15, 0.2) is 0 Å². The SMILES string of the molecule is CCc1cc(Cl)cc(C)c1NS(C)(=O)=O. The highest BCUT2D eigenvalue weighted by molar-refractivity contribution is 7.92. The Balaban J connectivity index is 3.27. The molecule has 0 aliphatic heterocycles. The molecule has 0 unspecified atom stereocenters. The van der Waals surface area contributed by atoms with Crippen LogP contribution in [0, 0.1) is 6.92 Å². The number of benzene rings is 1. The number of anilines is 1. The molecule has 84 valence electrons. The standard InChI is InChI=1S/C10H14ClNO2S/c1-4-8-6-9(11)5-7(2)10(8)12-15(3,13)14/h5-6,12H,4H2,1-3H3. The summed E-state index contributed by atoms with van der Waals surface area (Å²) < 4.78 is 24.8. The molecule has 0 saturated heterocycles. The van der Waals surface area contributed by atoms with E-state index < -0.39 is 10.0 Å². The summed E-state index contributed by atoms with van der Waals surface area (Å²) in [5.74, 6) is 0. The summed E-state index contributed by atoms with van der Waals surface area (Å²) in [6.07, 6.45) is 1.87. The number of rotatable bonds is 3. The first-order valence-electron chi connectivity index (χ1n) is 4.60. The van der Waals surface area contributed by atoms with E-state index in [2.05, 4.69) is 4.72 Å². The van der Waals surface area contributed by atoms with Crippen LogP contribution in [0.15, 0.2) is 12.1 Å². The summed E-state index contributed by atoms with van der Waals surface area (Å²) in [5, 5.41) is 0.628. The van der Waals surface area contributed by atoms with Gasteiger partial charge >= 0.3 is 0 Å². The second-order valence-electron chi connectivity index (χ2n) is 3.48. The van der Waals surface area contributed by atoms with Gasteiger partial charge in [0.05, 0.1) is 11.9 Å². The number of hydrogen-bond donors (Lipinski definition) is 1. The van der Waals surface area contributed by atoms with Crippen LogP contribution in [-0.2, 0) is 16.4 Å². The van der Waals surface area contributed by atoms with Crippen molar-refractivity contribution in [3.8, 4) is 0 Å². The lowest BCUT2D eigenvalue weighted by Crippen LogP contribution is -2.12. The molecule has 0 fully saturated rings. The fourth-order valence-corrected chi connectivity index (χ4v) is 2.38. The highest BCUT2D eigenvalue weighted by Gasteiger charge is 2.10. The number of nitrogens with one attached hydrogen (secondary N) is 1. The summed E-state index contributed by atoms with van der Waals surface area (Å²) in [4.78, 5) is 0. The molecule has 0 radical (unpaired) electrons. The van der Waals surface area contributed by atoms with E-state index in [0.717, 1.165) is 23.8 Å². The molecule has 0 spiro atoms. The number of aryl methyl sites for hydroxylation is 2. The highest BCUT2D eigenvalue weighted by Crippen LogP contribution is 2.26. The maximum atomic E-state index is 11.2. The van der Waals surface area contributed by atoms with Crippen molar-refractivity contribution in [3.05, 3.63) is 28.3 Å². The maximum Gasteiger partial charge on any atom is 0.229 e. The topological polar surface area (TPSA) is 46.2 Å². The average molecular weight is 248 g/mol. The zero-order chi connectivity index (χ0) is 11.6. The van der Waals surface area contributed by atoms with Crippen LogP contribution in [0.3, 0.4) is 0 Å². The lowest BCUT2D eigenvalue weighted by molar-refractivity contribution is 0.606. The molecule has 0 aromatic heterocycles. The summed E-state index contributed by atoms with van der Waals surface area (Å²) in [7, 11) is -3.24. The maximum absolute atomic E-state index is 11.2. The minimum atomic E-state index is -3.24. The zero-order valence-electron chi connectivity index (χ0n) is 8.96. The minimum Gasteiger partial charge on any atom is -0.283 e. The van der Waals surface area contributed by atoms with Crippen LogP contribution in [0.5, 0.6) is 0 Å². The Bertz CT molecular complexity index is 469. The van der Waals surface area contributed by atoms with Crippen LogP contribution in [0.1, 0.15) is 18.1 Å². The van der Waals surface area contributed by atoms with Gasteiger partial charge in [-0.15, -0.1) is 0 Å². The first kappa shape index (κ1) is 12.3. The van der Waals surface area contributed by atoms with Gasteiger partial charge in [0.2, 0.25) is 10.0 Å². The molecule has 0 amide bonds. The Morgan fingerprint density at radius 3 is 2.47 bits per heavy atom. The number of hydrogen-bond acceptors (Lipinski definition) is 2. The van der Waals surface area contributed by atoms with E-state index in [1.807, 2.05) is 13.8 Å². The molecule has 0 saturated carbocycles. The fourth-order valence-electron chi connectivity index (χ4n) is 1.42. The van der Waals surface area contributed by atoms with Crippen molar-refractivity contribution in [2.45, 2.75) is 20.3 Å². The Morgan fingerprint density at radius 1 is 1.40 bits per heavy atom. The largest absolute Gasteiger partial charge is 0.283 e. The summed E-state index contributed by atoms with van der Waals surface area (Å²) in [5.41, 5.74) is 2.39. The Hall–Kier alpha value is -0.740. The Morgan fingerprint density at radius 2 is 2.00 bits per heavy atom. The van der Waals surface area contributed by atoms with Crippen molar-refractivity contribution in [2.75, 3.05) is 11.0 Å². The Labute approximate surface area is 95.5 Å². The Kier molecular flexibility index (Phi) is 3.62. The summed E-state index contributed by atoms with van der Waals surface area (Å²) in [6, 6.07) is 3.52. The fraction of sp³-hybridized carbons (Fsp3) is 0.400. The molecule has 15 heavy (non-hydrogen) atoms. The third-order valence-electron chi connectivity index (χ3n) is 2.05. The molecule has 1 aromatic rings. The molecule has 0 aliphatic rings. The third kappa shape index (κ3) is 3.39.